The number of ether oxygens (including phenoxy) is 1. The number of ketones is 1. The fraction of sp³-hybridized carbons (Fsp3) is 0.474. The van der Waals surface area contributed by atoms with E-state index in [0.717, 1.165) is 22.5 Å². The van der Waals surface area contributed by atoms with Crippen LogP contribution in [0.15, 0.2) is 23.6 Å². The van der Waals surface area contributed by atoms with Crippen LogP contribution in [0.4, 0.5) is 5.13 Å². The van der Waals surface area contributed by atoms with Crippen LogP contribution in [0.5, 0.6) is 5.75 Å². The van der Waals surface area contributed by atoms with Gasteiger partial charge in [-0.25, -0.2) is 4.98 Å². The van der Waals surface area contributed by atoms with Crippen LogP contribution in [0, 0.1) is 6.92 Å². The van der Waals surface area contributed by atoms with Gasteiger partial charge >= 0.3 is 7.12 Å². The number of aromatic nitrogens is 1. The highest BCUT2D eigenvalue weighted by Crippen LogP contribution is 2.37. The van der Waals surface area contributed by atoms with Crippen molar-refractivity contribution in [2.24, 2.45) is 0 Å². The number of thiazole rings is 1. The molecule has 1 unspecified atom stereocenters. The highest BCUT2D eigenvalue weighted by atomic mass is 32.2. The summed E-state index contributed by atoms with van der Waals surface area (Å²) in [5, 5.41) is 12.3. The van der Waals surface area contributed by atoms with Gasteiger partial charge in [0.1, 0.15) is 11.8 Å². The minimum atomic E-state index is -3.96. The van der Waals surface area contributed by atoms with Crippen molar-refractivity contribution in [1.82, 2.24) is 14.0 Å². The molecule has 0 bridgehead atoms. The minimum Gasteiger partial charge on any atom is -0.536 e. The van der Waals surface area contributed by atoms with Crippen molar-refractivity contribution in [3.05, 3.63) is 40.4 Å². The predicted molar refractivity (Wildman–Crippen MR) is 121 cm³/mol. The highest BCUT2D eigenvalue weighted by Gasteiger charge is 2.40. The molecule has 1 saturated heterocycles. The number of rotatable bonds is 7. The molecule has 13 heteroatoms. The average Bonchev–Trinajstić information content (AvgIpc) is 3.20. The number of carbonyl (C=O) groups excluding carboxylic acids is 1. The Bertz CT molecular complexity index is 1090. The van der Waals surface area contributed by atoms with E-state index in [4.69, 9.17) is 15.1 Å². The monoisotopic (exact) mass is 480 g/mol. The zero-order valence-electron chi connectivity index (χ0n) is 17.6. The molecule has 4 N–H and O–H groups in total. The molecule has 4 rings (SSSR count). The largest absolute Gasteiger partial charge is 0.536 e. The standard InChI is InChI=1S/C19H25BN4O6S2/c1-12-3-2-4-13-9-14(20(26)30-18(12)13)10-16(25)17(15-11-31-19(21)22-15)23-32(27,28)24-5-7-29-8-6-24/h2-4,11,14,17,23,26H,5-10H2,1H3,(H2,21,22)/t14-,17?/m1/s1. The fourth-order valence-electron chi connectivity index (χ4n) is 3.93. The third kappa shape index (κ3) is 4.97. The van der Waals surface area contributed by atoms with Gasteiger partial charge in [0.05, 0.1) is 18.9 Å². The van der Waals surface area contributed by atoms with Gasteiger partial charge in [-0.15, -0.1) is 11.3 Å². The number of nitrogen functional groups attached to an aromatic ring is 1. The molecule has 1 aromatic heterocycles. The van der Waals surface area contributed by atoms with E-state index < -0.39 is 35.0 Å². The van der Waals surface area contributed by atoms with Crippen LogP contribution in [-0.4, -0.2) is 61.9 Å². The maximum atomic E-state index is 13.3. The van der Waals surface area contributed by atoms with Crippen molar-refractivity contribution in [2.75, 3.05) is 32.0 Å². The van der Waals surface area contributed by atoms with Crippen molar-refractivity contribution in [2.45, 2.75) is 31.6 Å². The van der Waals surface area contributed by atoms with Gasteiger partial charge < -0.3 is 20.1 Å². The number of anilines is 1. The quantitative estimate of drug-likeness (QED) is 0.491. The van der Waals surface area contributed by atoms with Gasteiger partial charge in [-0.2, -0.15) is 17.4 Å². The van der Waals surface area contributed by atoms with E-state index in [2.05, 4.69) is 9.71 Å². The summed E-state index contributed by atoms with van der Waals surface area (Å²) in [6, 6.07) is 4.46. The van der Waals surface area contributed by atoms with Gasteiger partial charge in [-0.1, -0.05) is 18.2 Å². The second-order valence-corrected chi connectivity index (χ2v) is 10.5. The van der Waals surface area contributed by atoms with Gasteiger partial charge in [0, 0.05) is 30.7 Å². The summed E-state index contributed by atoms with van der Waals surface area (Å²) in [5.41, 5.74) is 7.76. The number of aryl methyl sites for hydroxylation is 1. The molecule has 10 nitrogen and oxygen atoms in total. The number of fused-ring (bicyclic) bond motifs is 1. The Hall–Kier alpha value is -2.03. The van der Waals surface area contributed by atoms with Crippen LogP contribution in [-0.2, 0) is 26.2 Å². The van der Waals surface area contributed by atoms with Crippen molar-refractivity contribution in [3.63, 3.8) is 0 Å². The van der Waals surface area contributed by atoms with Gasteiger partial charge in [0.2, 0.25) is 0 Å². The van der Waals surface area contributed by atoms with Crippen molar-refractivity contribution in [3.8, 4) is 5.75 Å². The van der Waals surface area contributed by atoms with E-state index in [1.165, 1.54) is 4.31 Å². The number of hydrogen-bond donors (Lipinski definition) is 3. The number of hydrogen-bond acceptors (Lipinski definition) is 9. The first-order valence-corrected chi connectivity index (χ1v) is 12.6. The van der Waals surface area contributed by atoms with Gasteiger partial charge in [0.15, 0.2) is 10.9 Å². The van der Waals surface area contributed by atoms with Crippen LogP contribution in [0.25, 0.3) is 0 Å². The lowest BCUT2D eigenvalue weighted by Gasteiger charge is -2.30. The number of benzene rings is 1. The third-order valence-electron chi connectivity index (χ3n) is 5.61. The van der Waals surface area contributed by atoms with Crippen LogP contribution in [0.3, 0.4) is 0 Å². The Morgan fingerprint density at radius 3 is 2.88 bits per heavy atom. The number of morpholine rings is 1. The molecular weight excluding hydrogens is 455 g/mol. The Morgan fingerprint density at radius 2 is 2.19 bits per heavy atom. The Morgan fingerprint density at radius 1 is 1.44 bits per heavy atom. The molecule has 0 spiro atoms. The number of Topliss-reactive ketones (excluding diaryl/α,β-unsaturated/α-hetero) is 1. The molecule has 0 amide bonds. The molecule has 2 aliphatic heterocycles. The fourth-order valence-corrected chi connectivity index (χ4v) is 5.84. The molecule has 0 aliphatic carbocycles. The van der Waals surface area contributed by atoms with Crippen molar-refractivity contribution in [1.29, 1.82) is 0 Å². The van der Waals surface area contributed by atoms with E-state index in [9.17, 15) is 18.2 Å². The number of carbonyl (C=O) groups is 1. The molecule has 1 aromatic carbocycles. The van der Waals surface area contributed by atoms with Gasteiger partial charge in [0.25, 0.3) is 10.2 Å². The summed E-state index contributed by atoms with van der Waals surface area (Å²) in [6.45, 7) is 2.85. The molecule has 0 saturated carbocycles. The van der Waals surface area contributed by atoms with E-state index in [1.54, 1.807) is 5.38 Å². The van der Waals surface area contributed by atoms with Crippen LogP contribution in [0.1, 0.15) is 29.3 Å². The molecule has 2 aliphatic rings. The second kappa shape index (κ2) is 9.45. The second-order valence-electron chi connectivity index (χ2n) is 7.88. The smallest absolute Gasteiger partial charge is 0.526 e. The van der Waals surface area contributed by atoms with E-state index >= 15 is 0 Å². The first-order chi connectivity index (χ1) is 15.2. The van der Waals surface area contributed by atoms with Crippen molar-refractivity contribution >= 4 is 39.6 Å². The van der Waals surface area contributed by atoms with Crippen molar-refractivity contribution < 1.29 is 27.6 Å². The zero-order chi connectivity index (χ0) is 22.9. The zero-order valence-corrected chi connectivity index (χ0v) is 19.2. The molecule has 2 aromatic rings. The first kappa shape index (κ1) is 23.1. The molecule has 0 radical (unpaired) electrons. The Labute approximate surface area is 191 Å². The minimum absolute atomic E-state index is 0.0950. The molecule has 1 fully saturated rings. The third-order valence-corrected chi connectivity index (χ3v) is 7.89. The normalized spacial score (nSPS) is 20.4. The summed E-state index contributed by atoms with van der Waals surface area (Å²) >= 11 is 1.12. The lowest BCUT2D eigenvalue weighted by atomic mass is 9.64. The van der Waals surface area contributed by atoms with E-state index in [1.807, 2.05) is 25.1 Å². The van der Waals surface area contributed by atoms with Crippen LogP contribution in [0.2, 0.25) is 5.82 Å². The van der Waals surface area contributed by atoms with Crippen LogP contribution < -0.4 is 15.1 Å². The molecule has 172 valence electrons. The van der Waals surface area contributed by atoms with Gasteiger partial charge in [-0.3, -0.25) is 4.79 Å². The topological polar surface area (TPSA) is 144 Å². The number of nitrogens with zero attached hydrogens (tertiary/aromatic N) is 2. The average molecular weight is 480 g/mol. The lowest BCUT2D eigenvalue weighted by molar-refractivity contribution is -0.121. The molecule has 3 heterocycles. The maximum Gasteiger partial charge on any atom is 0.526 e. The summed E-state index contributed by atoms with van der Waals surface area (Å²) in [5.74, 6) is -0.320. The summed E-state index contributed by atoms with van der Waals surface area (Å²) < 4.78 is 40.4. The van der Waals surface area contributed by atoms with E-state index in [-0.39, 0.29) is 43.5 Å². The van der Waals surface area contributed by atoms with Crippen LogP contribution >= 0.6 is 11.3 Å². The first-order valence-electron chi connectivity index (χ1n) is 10.3. The number of nitrogens with one attached hydrogen (secondary N) is 1. The molecular formula is C19H25BN4O6S2. The van der Waals surface area contributed by atoms with Gasteiger partial charge in [-0.05, 0) is 24.5 Å². The molecule has 32 heavy (non-hydrogen) atoms. The number of para-hydroxylation sites is 1. The predicted octanol–water partition coefficient (Wildman–Crippen LogP) is 0.686. The molecule has 2 atom stereocenters. The summed E-state index contributed by atoms with van der Waals surface area (Å²) in [4.78, 5) is 17.4. The lowest BCUT2D eigenvalue weighted by Crippen LogP contribution is -2.49. The highest BCUT2D eigenvalue weighted by molar-refractivity contribution is 7.87. The summed E-state index contributed by atoms with van der Waals surface area (Å²) in [6.07, 6.45) is 0.342. The SMILES string of the molecule is Cc1cccc2c1OB(O)[C@@H](CC(=O)C(NS(=O)(=O)N1CCOCC1)c1csc(N)n1)C2. The Kier molecular flexibility index (Phi) is 6.84. The van der Waals surface area contributed by atoms with E-state index in [0.29, 0.717) is 12.2 Å². The Balaban J connectivity index is 1.54. The number of nitrogens with two attached hydrogens (primary N) is 1. The summed E-state index contributed by atoms with van der Waals surface area (Å²) in [7, 11) is -5.14. The maximum absolute atomic E-state index is 13.3.